The predicted octanol–water partition coefficient (Wildman–Crippen LogP) is 2.79. The zero-order valence-electron chi connectivity index (χ0n) is 15.9. The minimum absolute atomic E-state index is 0.185. The standard InChI is InChI=1S/C18H32O7/c1-5-9-22-15(19)13-18(25-12-8-4,17(21)24-11-7-3)14-16(20)23-10-6-2/h5-14H2,1-4H3. The van der Waals surface area contributed by atoms with Crippen molar-refractivity contribution in [3.63, 3.8) is 0 Å². The number of carbonyl (C=O) groups is 3. The molecule has 7 heteroatoms. The van der Waals surface area contributed by atoms with Crippen LogP contribution in [0, 0.1) is 0 Å². The monoisotopic (exact) mass is 360 g/mol. The van der Waals surface area contributed by atoms with Crippen molar-refractivity contribution < 1.29 is 33.3 Å². The molecule has 0 unspecified atom stereocenters. The van der Waals surface area contributed by atoms with Crippen LogP contribution >= 0.6 is 0 Å². The van der Waals surface area contributed by atoms with Crippen molar-refractivity contribution in [3.05, 3.63) is 0 Å². The molecule has 0 radical (unpaired) electrons. The lowest BCUT2D eigenvalue weighted by atomic mass is 9.95. The second-order valence-electron chi connectivity index (χ2n) is 5.77. The Hall–Kier alpha value is -1.63. The van der Waals surface area contributed by atoms with Gasteiger partial charge in [-0.25, -0.2) is 4.79 Å². The second-order valence-corrected chi connectivity index (χ2v) is 5.77. The molecule has 0 amide bonds. The predicted molar refractivity (Wildman–Crippen MR) is 92.0 cm³/mol. The topological polar surface area (TPSA) is 88.1 Å². The van der Waals surface area contributed by atoms with Crippen molar-refractivity contribution in [1.29, 1.82) is 0 Å². The molecule has 25 heavy (non-hydrogen) atoms. The van der Waals surface area contributed by atoms with Crippen molar-refractivity contribution >= 4 is 17.9 Å². The van der Waals surface area contributed by atoms with Crippen LogP contribution in [0.2, 0.25) is 0 Å². The molecular weight excluding hydrogens is 328 g/mol. The third kappa shape index (κ3) is 9.43. The minimum Gasteiger partial charge on any atom is -0.466 e. The third-order valence-corrected chi connectivity index (χ3v) is 3.19. The van der Waals surface area contributed by atoms with Crippen molar-refractivity contribution in [1.82, 2.24) is 0 Å². The van der Waals surface area contributed by atoms with E-state index in [1.807, 2.05) is 27.7 Å². The maximum Gasteiger partial charge on any atom is 0.339 e. The van der Waals surface area contributed by atoms with Crippen molar-refractivity contribution in [2.24, 2.45) is 0 Å². The molecular formula is C18H32O7. The smallest absolute Gasteiger partial charge is 0.339 e. The molecule has 0 fully saturated rings. The first-order valence-corrected chi connectivity index (χ1v) is 9.08. The fraction of sp³-hybridized carbons (Fsp3) is 0.833. The maximum atomic E-state index is 12.6. The zero-order chi connectivity index (χ0) is 19.1. The van der Waals surface area contributed by atoms with E-state index in [1.54, 1.807) is 0 Å². The van der Waals surface area contributed by atoms with E-state index in [9.17, 15) is 14.4 Å². The lowest BCUT2D eigenvalue weighted by Gasteiger charge is -2.30. The Bertz CT molecular complexity index is 384. The Morgan fingerprint density at radius 2 is 1.04 bits per heavy atom. The van der Waals surface area contributed by atoms with Gasteiger partial charge in [-0.15, -0.1) is 0 Å². The van der Waals surface area contributed by atoms with E-state index in [1.165, 1.54) is 0 Å². The van der Waals surface area contributed by atoms with Crippen LogP contribution in [0.3, 0.4) is 0 Å². The fourth-order valence-corrected chi connectivity index (χ4v) is 1.99. The number of esters is 3. The molecule has 0 N–H and O–H groups in total. The van der Waals surface area contributed by atoms with Gasteiger partial charge in [0.25, 0.3) is 0 Å². The average Bonchev–Trinajstić information content (AvgIpc) is 2.60. The van der Waals surface area contributed by atoms with Crippen LogP contribution < -0.4 is 0 Å². The molecule has 0 aromatic heterocycles. The third-order valence-electron chi connectivity index (χ3n) is 3.19. The molecule has 0 saturated heterocycles. The molecule has 0 rings (SSSR count). The van der Waals surface area contributed by atoms with Gasteiger partial charge in [-0.2, -0.15) is 0 Å². The highest BCUT2D eigenvalue weighted by atomic mass is 16.6. The molecule has 0 aliphatic rings. The highest BCUT2D eigenvalue weighted by Gasteiger charge is 2.46. The van der Waals surface area contributed by atoms with Gasteiger partial charge < -0.3 is 18.9 Å². The van der Waals surface area contributed by atoms with Crippen LogP contribution in [0.25, 0.3) is 0 Å². The van der Waals surface area contributed by atoms with Crippen LogP contribution in [-0.2, 0) is 33.3 Å². The molecule has 0 spiro atoms. The Balaban J connectivity index is 5.34. The molecule has 0 aliphatic heterocycles. The lowest BCUT2D eigenvalue weighted by molar-refractivity contribution is -0.185. The van der Waals surface area contributed by atoms with Gasteiger partial charge in [-0.3, -0.25) is 9.59 Å². The number of hydrogen-bond acceptors (Lipinski definition) is 7. The van der Waals surface area contributed by atoms with Gasteiger partial charge in [-0.05, 0) is 25.7 Å². The number of rotatable bonds is 14. The Morgan fingerprint density at radius 1 is 0.640 bits per heavy atom. The molecule has 0 aromatic rings. The highest BCUT2D eigenvalue weighted by molar-refractivity contribution is 5.90. The summed E-state index contributed by atoms with van der Waals surface area (Å²) in [7, 11) is 0. The SMILES string of the molecule is CCCOC(=O)CC(CC(=O)OCCC)(OCCC)C(=O)OCCC. The van der Waals surface area contributed by atoms with Crippen LogP contribution in [0.15, 0.2) is 0 Å². The summed E-state index contributed by atoms with van der Waals surface area (Å²) in [5.74, 6) is -1.94. The summed E-state index contributed by atoms with van der Waals surface area (Å²) in [4.78, 5) is 36.8. The Morgan fingerprint density at radius 3 is 1.44 bits per heavy atom. The Labute approximate surface area is 150 Å². The summed E-state index contributed by atoms with van der Waals surface area (Å²) in [5.41, 5.74) is -1.71. The van der Waals surface area contributed by atoms with Gasteiger partial charge in [0.2, 0.25) is 0 Å². The minimum atomic E-state index is -1.71. The first kappa shape index (κ1) is 23.4. The summed E-state index contributed by atoms with van der Waals surface area (Å²) >= 11 is 0. The number of ether oxygens (including phenoxy) is 4. The van der Waals surface area contributed by atoms with Gasteiger partial charge >= 0.3 is 17.9 Å². The van der Waals surface area contributed by atoms with Crippen LogP contribution in [-0.4, -0.2) is 49.9 Å². The molecule has 0 aromatic carbocycles. The normalized spacial score (nSPS) is 11.0. The van der Waals surface area contributed by atoms with E-state index in [0.29, 0.717) is 25.7 Å². The summed E-state index contributed by atoms with van der Waals surface area (Å²) in [6.45, 7) is 8.34. The maximum absolute atomic E-state index is 12.6. The largest absolute Gasteiger partial charge is 0.466 e. The molecule has 0 bridgehead atoms. The van der Waals surface area contributed by atoms with Gasteiger partial charge in [0.15, 0.2) is 5.60 Å². The van der Waals surface area contributed by atoms with Crippen molar-refractivity contribution in [2.75, 3.05) is 26.4 Å². The van der Waals surface area contributed by atoms with E-state index >= 15 is 0 Å². The first-order valence-electron chi connectivity index (χ1n) is 9.08. The zero-order valence-corrected chi connectivity index (χ0v) is 15.9. The van der Waals surface area contributed by atoms with E-state index < -0.39 is 23.5 Å². The van der Waals surface area contributed by atoms with Crippen LogP contribution in [0.4, 0.5) is 0 Å². The summed E-state index contributed by atoms with van der Waals surface area (Å²) in [5, 5.41) is 0. The summed E-state index contributed by atoms with van der Waals surface area (Å²) in [6.07, 6.45) is 1.81. The van der Waals surface area contributed by atoms with Gasteiger partial charge in [0.1, 0.15) is 0 Å². The fourth-order valence-electron chi connectivity index (χ4n) is 1.99. The van der Waals surface area contributed by atoms with Crippen molar-refractivity contribution in [3.8, 4) is 0 Å². The molecule has 0 aliphatic carbocycles. The average molecular weight is 360 g/mol. The Kier molecular flexibility index (Phi) is 12.7. The van der Waals surface area contributed by atoms with Gasteiger partial charge in [0, 0.05) is 6.61 Å². The molecule has 146 valence electrons. The number of carbonyl (C=O) groups excluding carboxylic acids is 3. The van der Waals surface area contributed by atoms with Crippen LogP contribution in [0.5, 0.6) is 0 Å². The first-order chi connectivity index (χ1) is 12.0. The molecule has 7 nitrogen and oxygen atoms in total. The van der Waals surface area contributed by atoms with Gasteiger partial charge in [0.05, 0.1) is 32.7 Å². The number of hydrogen-bond donors (Lipinski definition) is 0. The van der Waals surface area contributed by atoms with Crippen molar-refractivity contribution in [2.45, 2.75) is 71.8 Å². The molecule has 0 heterocycles. The van der Waals surface area contributed by atoms with E-state index in [0.717, 1.165) is 0 Å². The summed E-state index contributed by atoms with van der Waals surface area (Å²) < 4.78 is 21.0. The second kappa shape index (κ2) is 13.6. The van der Waals surface area contributed by atoms with E-state index in [-0.39, 0.29) is 39.3 Å². The summed E-state index contributed by atoms with van der Waals surface area (Å²) in [6, 6.07) is 0. The van der Waals surface area contributed by atoms with Crippen LogP contribution in [0.1, 0.15) is 66.2 Å². The molecule has 0 atom stereocenters. The lowest BCUT2D eigenvalue weighted by Crippen LogP contribution is -2.47. The quantitative estimate of drug-likeness (QED) is 0.348. The molecule has 0 saturated carbocycles. The van der Waals surface area contributed by atoms with E-state index in [2.05, 4.69) is 0 Å². The van der Waals surface area contributed by atoms with Gasteiger partial charge in [-0.1, -0.05) is 27.7 Å². The highest BCUT2D eigenvalue weighted by Crippen LogP contribution is 2.25. The van der Waals surface area contributed by atoms with E-state index in [4.69, 9.17) is 18.9 Å².